The normalized spacial score (nSPS) is 10.3. The molecule has 2 heterocycles. The maximum absolute atomic E-state index is 10.8. The van der Waals surface area contributed by atoms with Crippen LogP contribution in [0.3, 0.4) is 0 Å². The van der Waals surface area contributed by atoms with Gasteiger partial charge in [-0.15, -0.1) is 4.68 Å². The summed E-state index contributed by atoms with van der Waals surface area (Å²) in [5, 5.41) is 23.0. The average Bonchev–Trinajstić information content (AvgIpc) is 2.77. The monoisotopic (exact) mass is 248 g/mol. The highest BCUT2D eigenvalue weighted by Gasteiger charge is 2.15. The van der Waals surface area contributed by atoms with Gasteiger partial charge < -0.3 is 15.2 Å². The van der Waals surface area contributed by atoms with Crippen LogP contribution in [-0.4, -0.2) is 30.8 Å². The van der Waals surface area contributed by atoms with Gasteiger partial charge in [-0.05, 0) is 24.0 Å². The Labute approximate surface area is 101 Å². The van der Waals surface area contributed by atoms with Crippen molar-refractivity contribution in [3.8, 4) is 5.82 Å². The van der Waals surface area contributed by atoms with E-state index in [1.807, 2.05) is 0 Å². The van der Waals surface area contributed by atoms with Gasteiger partial charge >= 0.3 is 11.8 Å². The van der Waals surface area contributed by atoms with E-state index in [9.17, 15) is 14.9 Å². The van der Waals surface area contributed by atoms with Gasteiger partial charge in [-0.25, -0.2) is 9.78 Å². The van der Waals surface area contributed by atoms with E-state index in [0.29, 0.717) is 11.5 Å². The summed E-state index contributed by atoms with van der Waals surface area (Å²) >= 11 is 0. The molecule has 0 aromatic carbocycles. The highest BCUT2D eigenvalue weighted by atomic mass is 16.6. The molecule has 18 heavy (non-hydrogen) atoms. The Balaban J connectivity index is 2.42. The van der Waals surface area contributed by atoms with Gasteiger partial charge in [0.2, 0.25) is 0 Å². The SMILES string of the molecule is Cc1nc(-n2ccc([N+](=O)[O-])n2)ccc1C(=O)O. The minimum Gasteiger partial charge on any atom is -0.478 e. The zero-order chi connectivity index (χ0) is 13.3. The third-order valence-corrected chi connectivity index (χ3v) is 2.30. The maximum atomic E-state index is 10.8. The Morgan fingerprint density at radius 2 is 2.17 bits per heavy atom. The summed E-state index contributed by atoms with van der Waals surface area (Å²) in [5.41, 5.74) is 0.401. The number of carboxylic acids is 1. The van der Waals surface area contributed by atoms with Crippen molar-refractivity contribution in [3.63, 3.8) is 0 Å². The number of carboxylic acid groups (broad SMARTS) is 1. The van der Waals surface area contributed by atoms with Crippen molar-refractivity contribution >= 4 is 11.8 Å². The van der Waals surface area contributed by atoms with Gasteiger partial charge in [0.25, 0.3) is 0 Å². The summed E-state index contributed by atoms with van der Waals surface area (Å²) in [6.07, 6.45) is 1.39. The van der Waals surface area contributed by atoms with Crippen LogP contribution >= 0.6 is 0 Å². The summed E-state index contributed by atoms with van der Waals surface area (Å²) in [4.78, 5) is 24.7. The standard InChI is InChI=1S/C10H8N4O4/c1-6-7(10(15)16)2-3-8(11-6)13-5-4-9(12-13)14(17)18/h2-5H,1H3,(H,15,16). The fourth-order valence-corrected chi connectivity index (χ4v) is 1.44. The third kappa shape index (κ3) is 2.03. The molecule has 0 spiro atoms. The molecular formula is C10H8N4O4. The molecule has 0 fully saturated rings. The number of carbonyl (C=O) groups is 1. The van der Waals surface area contributed by atoms with Gasteiger partial charge in [-0.2, -0.15) is 0 Å². The number of nitro groups is 1. The lowest BCUT2D eigenvalue weighted by Gasteiger charge is -2.01. The number of nitrogens with zero attached hydrogens (tertiary/aromatic N) is 4. The Morgan fingerprint density at radius 3 is 2.67 bits per heavy atom. The average molecular weight is 248 g/mol. The molecule has 2 rings (SSSR count). The van der Waals surface area contributed by atoms with Gasteiger partial charge in [-0.1, -0.05) is 0 Å². The molecule has 0 bridgehead atoms. The molecule has 0 aliphatic carbocycles. The Bertz CT molecular complexity index is 635. The van der Waals surface area contributed by atoms with Crippen molar-refractivity contribution in [2.75, 3.05) is 0 Å². The summed E-state index contributed by atoms with van der Waals surface area (Å²) in [7, 11) is 0. The van der Waals surface area contributed by atoms with Crippen LogP contribution < -0.4 is 0 Å². The third-order valence-electron chi connectivity index (χ3n) is 2.30. The smallest absolute Gasteiger partial charge is 0.390 e. The first-order chi connectivity index (χ1) is 8.49. The van der Waals surface area contributed by atoms with Crippen molar-refractivity contribution in [1.29, 1.82) is 0 Å². The summed E-state index contributed by atoms with van der Waals surface area (Å²) < 4.78 is 1.22. The van der Waals surface area contributed by atoms with E-state index in [1.54, 1.807) is 6.92 Å². The fourth-order valence-electron chi connectivity index (χ4n) is 1.44. The molecule has 92 valence electrons. The molecule has 8 nitrogen and oxygen atoms in total. The van der Waals surface area contributed by atoms with Crippen molar-refractivity contribution in [2.24, 2.45) is 0 Å². The molecule has 0 aliphatic rings. The molecular weight excluding hydrogens is 240 g/mol. The van der Waals surface area contributed by atoms with E-state index < -0.39 is 10.9 Å². The number of hydrogen-bond donors (Lipinski definition) is 1. The van der Waals surface area contributed by atoms with Crippen molar-refractivity contribution < 1.29 is 14.8 Å². The van der Waals surface area contributed by atoms with Gasteiger partial charge in [0.15, 0.2) is 5.82 Å². The van der Waals surface area contributed by atoms with E-state index in [2.05, 4.69) is 10.1 Å². The molecule has 2 aromatic rings. The minimum absolute atomic E-state index is 0.0837. The lowest BCUT2D eigenvalue weighted by Crippen LogP contribution is -2.06. The Morgan fingerprint density at radius 1 is 1.44 bits per heavy atom. The predicted molar refractivity (Wildman–Crippen MR) is 59.7 cm³/mol. The minimum atomic E-state index is -1.07. The van der Waals surface area contributed by atoms with Crippen LogP contribution in [-0.2, 0) is 0 Å². The van der Waals surface area contributed by atoms with Crippen molar-refractivity contribution in [2.45, 2.75) is 6.92 Å². The maximum Gasteiger partial charge on any atom is 0.390 e. The van der Waals surface area contributed by atoms with E-state index in [4.69, 9.17) is 5.11 Å². The number of hydrogen-bond acceptors (Lipinski definition) is 5. The second kappa shape index (κ2) is 4.24. The molecule has 0 atom stereocenters. The molecule has 0 saturated carbocycles. The zero-order valence-electron chi connectivity index (χ0n) is 9.27. The predicted octanol–water partition coefficient (Wildman–Crippen LogP) is 1.18. The zero-order valence-corrected chi connectivity index (χ0v) is 9.27. The van der Waals surface area contributed by atoms with Crippen molar-refractivity contribution in [1.82, 2.24) is 14.8 Å². The Kier molecular flexibility index (Phi) is 2.76. The van der Waals surface area contributed by atoms with Gasteiger partial charge in [0.05, 0.1) is 28.6 Å². The summed E-state index contributed by atoms with van der Waals surface area (Å²) in [6.45, 7) is 1.55. The molecule has 0 radical (unpaired) electrons. The van der Waals surface area contributed by atoms with E-state index in [-0.39, 0.29) is 11.4 Å². The molecule has 8 heteroatoms. The molecule has 0 amide bonds. The first-order valence-corrected chi connectivity index (χ1v) is 4.90. The van der Waals surface area contributed by atoms with Crippen LogP contribution in [0.1, 0.15) is 16.1 Å². The number of aromatic carboxylic acids is 1. The quantitative estimate of drug-likeness (QED) is 0.644. The fraction of sp³-hybridized carbons (Fsp3) is 0.100. The molecule has 0 unspecified atom stereocenters. The highest BCUT2D eigenvalue weighted by Crippen LogP contribution is 2.13. The first-order valence-electron chi connectivity index (χ1n) is 4.90. The van der Waals surface area contributed by atoms with Gasteiger partial charge in [-0.3, -0.25) is 0 Å². The number of rotatable bonds is 3. The topological polar surface area (TPSA) is 111 Å². The molecule has 2 aromatic heterocycles. The molecule has 1 N–H and O–H groups in total. The number of pyridine rings is 1. The van der Waals surface area contributed by atoms with E-state index >= 15 is 0 Å². The lowest BCUT2D eigenvalue weighted by atomic mass is 10.2. The van der Waals surface area contributed by atoms with Crippen LogP contribution in [0.5, 0.6) is 0 Å². The number of aromatic nitrogens is 3. The van der Waals surface area contributed by atoms with Crippen LogP contribution in [0, 0.1) is 17.0 Å². The second-order valence-electron chi connectivity index (χ2n) is 3.48. The van der Waals surface area contributed by atoms with E-state index in [1.165, 1.54) is 29.1 Å². The second-order valence-corrected chi connectivity index (χ2v) is 3.48. The summed E-state index contributed by atoms with van der Waals surface area (Å²) in [5.74, 6) is -1.04. The van der Waals surface area contributed by atoms with Crippen molar-refractivity contribution in [3.05, 3.63) is 45.8 Å². The van der Waals surface area contributed by atoms with E-state index in [0.717, 1.165) is 0 Å². The highest BCUT2D eigenvalue weighted by molar-refractivity contribution is 5.88. The van der Waals surface area contributed by atoms with Crippen LogP contribution in [0.25, 0.3) is 5.82 Å². The first kappa shape index (κ1) is 11.7. The largest absolute Gasteiger partial charge is 0.478 e. The lowest BCUT2D eigenvalue weighted by molar-refractivity contribution is -0.389. The summed E-state index contributed by atoms with van der Waals surface area (Å²) in [6, 6.07) is 4.06. The number of aryl methyl sites for hydroxylation is 1. The van der Waals surface area contributed by atoms with Crippen LogP contribution in [0.4, 0.5) is 5.82 Å². The van der Waals surface area contributed by atoms with Crippen LogP contribution in [0.15, 0.2) is 24.4 Å². The Hall–Kier alpha value is -2.77. The molecule has 0 saturated heterocycles. The molecule has 0 aliphatic heterocycles. The van der Waals surface area contributed by atoms with Gasteiger partial charge in [0, 0.05) is 0 Å². The van der Waals surface area contributed by atoms with Gasteiger partial charge in [0.1, 0.15) is 0 Å². The van der Waals surface area contributed by atoms with Crippen LogP contribution in [0.2, 0.25) is 0 Å².